The molecule has 1 heterocycles. The van der Waals surface area contributed by atoms with E-state index >= 15 is 0 Å². The average Bonchev–Trinajstić information content (AvgIpc) is 3.19. The van der Waals surface area contributed by atoms with Crippen molar-refractivity contribution in [3.63, 3.8) is 0 Å². The fourth-order valence-corrected chi connectivity index (χ4v) is 5.13. The lowest BCUT2D eigenvalue weighted by atomic mass is 9.85. The number of amides is 3. The zero-order valence-electron chi connectivity index (χ0n) is 13.1. The van der Waals surface area contributed by atoms with Crippen LogP contribution < -0.4 is 5.43 Å². The first-order chi connectivity index (χ1) is 11.6. The molecule has 5 rings (SSSR count). The third kappa shape index (κ3) is 1.67. The SMILES string of the molecule is O=C(Cc1ccccc1)NN1C(=O)[C@H]2[C@H](C1=O)[C@H]1C=C[C@H]2C12CC2. The van der Waals surface area contributed by atoms with E-state index in [1.807, 2.05) is 30.3 Å². The summed E-state index contributed by atoms with van der Waals surface area (Å²) in [4.78, 5) is 37.7. The van der Waals surface area contributed by atoms with Crippen molar-refractivity contribution in [2.75, 3.05) is 0 Å². The van der Waals surface area contributed by atoms with Crippen LogP contribution in [0, 0.1) is 29.1 Å². The van der Waals surface area contributed by atoms with Crippen LogP contribution in [0.5, 0.6) is 0 Å². The zero-order chi connectivity index (χ0) is 16.5. The lowest BCUT2D eigenvalue weighted by Gasteiger charge is -2.22. The van der Waals surface area contributed by atoms with Crippen LogP contribution in [-0.4, -0.2) is 22.7 Å². The molecule has 1 N–H and O–H groups in total. The fourth-order valence-electron chi connectivity index (χ4n) is 5.13. The topological polar surface area (TPSA) is 66.5 Å². The molecule has 3 amide bonds. The Labute approximate surface area is 139 Å². The summed E-state index contributed by atoms with van der Waals surface area (Å²) in [5.74, 6) is -0.965. The molecule has 2 bridgehead atoms. The minimum absolute atomic E-state index is 0.155. The molecule has 5 nitrogen and oxygen atoms in total. The molecule has 0 aromatic heterocycles. The van der Waals surface area contributed by atoms with Crippen molar-refractivity contribution in [2.24, 2.45) is 29.1 Å². The summed E-state index contributed by atoms with van der Waals surface area (Å²) in [6.07, 6.45) is 6.63. The Morgan fingerprint density at radius 3 is 2.17 bits per heavy atom. The minimum Gasteiger partial charge on any atom is -0.273 e. The summed E-state index contributed by atoms with van der Waals surface area (Å²) in [6.45, 7) is 0. The van der Waals surface area contributed by atoms with Gasteiger partial charge in [-0.2, -0.15) is 5.01 Å². The number of carbonyl (C=O) groups is 3. The van der Waals surface area contributed by atoms with Crippen LogP contribution in [0.1, 0.15) is 18.4 Å². The lowest BCUT2D eigenvalue weighted by molar-refractivity contribution is -0.150. The van der Waals surface area contributed by atoms with Crippen LogP contribution in [0.15, 0.2) is 42.5 Å². The first kappa shape index (κ1) is 14.0. The Morgan fingerprint density at radius 2 is 1.62 bits per heavy atom. The maximum Gasteiger partial charge on any atom is 0.252 e. The number of hydrogen-bond acceptors (Lipinski definition) is 3. The van der Waals surface area contributed by atoms with Gasteiger partial charge in [0.05, 0.1) is 18.3 Å². The molecule has 24 heavy (non-hydrogen) atoms. The molecule has 1 aromatic carbocycles. The molecule has 0 unspecified atom stereocenters. The van der Waals surface area contributed by atoms with E-state index < -0.39 is 0 Å². The number of nitrogens with zero attached hydrogens (tertiary/aromatic N) is 1. The van der Waals surface area contributed by atoms with Gasteiger partial charge in [-0.1, -0.05) is 42.5 Å². The predicted octanol–water partition coefficient (Wildman–Crippen LogP) is 1.46. The fraction of sp³-hybridized carbons (Fsp3) is 0.421. The third-order valence-corrected chi connectivity index (χ3v) is 6.30. The highest BCUT2D eigenvalue weighted by molar-refractivity contribution is 6.07. The summed E-state index contributed by atoms with van der Waals surface area (Å²) >= 11 is 0. The van der Waals surface area contributed by atoms with E-state index in [4.69, 9.17) is 0 Å². The van der Waals surface area contributed by atoms with Crippen molar-refractivity contribution in [1.82, 2.24) is 10.4 Å². The Bertz CT molecular complexity index is 747. The molecule has 1 aliphatic heterocycles. The van der Waals surface area contributed by atoms with Gasteiger partial charge in [0.1, 0.15) is 0 Å². The third-order valence-electron chi connectivity index (χ3n) is 6.30. The van der Waals surface area contributed by atoms with Gasteiger partial charge in [0.15, 0.2) is 0 Å². The highest BCUT2D eigenvalue weighted by atomic mass is 16.2. The monoisotopic (exact) mass is 322 g/mol. The second-order valence-electron chi connectivity index (χ2n) is 7.43. The molecular formula is C19H18N2O3. The van der Waals surface area contributed by atoms with Gasteiger partial charge in [0.25, 0.3) is 11.8 Å². The Hall–Kier alpha value is -2.43. The number of hydrazine groups is 1. The van der Waals surface area contributed by atoms with E-state index in [0.717, 1.165) is 23.4 Å². The molecule has 2 saturated carbocycles. The number of imide groups is 1. The molecule has 1 aromatic rings. The van der Waals surface area contributed by atoms with Crippen molar-refractivity contribution in [3.05, 3.63) is 48.0 Å². The van der Waals surface area contributed by atoms with Crippen LogP contribution in [-0.2, 0) is 20.8 Å². The molecule has 1 saturated heterocycles. The molecule has 5 heteroatoms. The summed E-state index contributed by atoms with van der Waals surface area (Å²) in [6, 6.07) is 9.30. The summed E-state index contributed by atoms with van der Waals surface area (Å²) in [5.41, 5.74) is 3.58. The highest BCUT2D eigenvalue weighted by Crippen LogP contribution is 2.73. The maximum atomic E-state index is 12.7. The first-order valence-electron chi connectivity index (χ1n) is 8.51. The first-order valence-corrected chi connectivity index (χ1v) is 8.51. The van der Waals surface area contributed by atoms with E-state index in [2.05, 4.69) is 17.6 Å². The van der Waals surface area contributed by atoms with Gasteiger partial charge in [-0.25, -0.2) is 0 Å². The molecule has 4 aliphatic rings. The Kier molecular flexibility index (Phi) is 2.65. The highest BCUT2D eigenvalue weighted by Gasteiger charge is 2.73. The quantitative estimate of drug-likeness (QED) is 0.677. The van der Waals surface area contributed by atoms with E-state index in [0.29, 0.717) is 0 Å². The molecule has 122 valence electrons. The number of hydrogen-bond donors (Lipinski definition) is 1. The van der Waals surface area contributed by atoms with Crippen LogP contribution in [0.25, 0.3) is 0 Å². The minimum atomic E-state index is -0.329. The standard InChI is InChI=1S/C19H18N2O3/c22-14(10-11-4-2-1-3-5-11)20-21-17(23)15-12-6-7-13(16(15)18(21)24)19(12)8-9-19/h1-7,12-13,15-16H,8-10H2,(H,20,22)/t12-,13-,15-,16-/m1/s1. The van der Waals surface area contributed by atoms with Crippen LogP contribution in [0.4, 0.5) is 0 Å². The van der Waals surface area contributed by atoms with Gasteiger partial charge in [-0.15, -0.1) is 0 Å². The van der Waals surface area contributed by atoms with Gasteiger partial charge in [0.2, 0.25) is 5.91 Å². The predicted molar refractivity (Wildman–Crippen MR) is 84.9 cm³/mol. The number of rotatable bonds is 3. The molecular weight excluding hydrogens is 304 g/mol. The van der Waals surface area contributed by atoms with Crippen molar-refractivity contribution in [3.8, 4) is 0 Å². The molecule has 3 aliphatic carbocycles. The van der Waals surface area contributed by atoms with E-state index in [1.165, 1.54) is 0 Å². The lowest BCUT2D eigenvalue weighted by Crippen LogP contribution is -2.48. The van der Waals surface area contributed by atoms with Gasteiger partial charge in [-0.3, -0.25) is 19.8 Å². The Balaban J connectivity index is 1.33. The van der Waals surface area contributed by atoms with Crippen molar-refractivity contribution < 1.29 is 14.4 Å². The number of allylic oxidation sites excluding steroid dienone is 2. The smallest absolute Gasteiger partial charge is 0.252 e. The second-order valence-corrected chi connectivity index (χ2v) is 7.43. The zero-order valence-corrected chi connectivity index (χ0v) is 13.1. The maximum absolute atomic E-state index is 12.7. The van der Waals surface area contributed by atoms with Crippen molar-refractivity contribution in [1.29, 1.82) is 0 Å². The summed E-state index contributed by atoms with van der Waals surface area (Å²) < 4.78 is 0. The van der Waals surface area contributed by atoms with E-state index in [9.17, 15) is 14.4 Å². The molecule has 4 atom stereocenters. The van der Waals surface area contributed by atoms with E-state index in [1.54, 1.807) is 0 Å². The molecule has 0 radical (unpaired) electrons. The number of nitrogens with one attached hydrogen (secondary N) is 1. The van der Waals surface area contributed by atoms with Gasteiger partial charge >= 0.3 is 0 Å². The number of carbonyl (C=O) groups excluding carboxylic acids is 3. The van der Waals surface area contributed by atoms with Crippen molar-refractivity contribution >= 4 is 17.7 Å². The molecule has 1 spiro atoms. The van der Waals surface area contributed by atoms with Crippen molar-refractivity contribution in [2.45, 2.75) is 19.3 Å². The number of fused-ring (bicyclic) bond motifs is 3. The number of benzene rings is 1. The summed E-state index contributed by atoms with van der Waals surface area (Å²) in [5, 5.41) is 0.989. The van der Waals surface area contributed by atoms with E-state index in [-0.39, 0.29) is 53.2 Å². The Morgan fingerprint density at radius 1 is 1.04 bits per heavy atom. The molecule has 3 fully saturated rings. The van der Waals surface area contributed by atoms with Crippen LogP contribution in [0.3, 0.4) is 0 Å². The van der Waals surface area contributed by atoms with Gasteiger partial charge < -0.3 is 0 Å². The van der Waals surface area contributed by atoms with Crippen LogP contribution in [0.2, 0.25) is 0 Å². The largest absolute Gasteiger partial charge is 0.273 e. The van der Waals surface area contributed by atoms with Gasteiger partial charge in [0, 0.05) is 0 Å². The normalized spacial score (nSPS) is 34.1. The van der Waals surface area contributed by atoms with Gasteiger partial charge in [-0.05, 0) is 35.7 Å². The average molecular weight is 322 g/mol. The second kappa shape index (κ2) is 4.56. The summed E-state index contributed by atoms with van der Waals surface area (Å²) in [7, 11) is 0. The van der Waals surface area contributed by atoms with Crippen LogP contribution >= 0.6 is 0 Å².